The van der Waals surface area contributed by atoms with Gasteiger partial charge < -0.3 is 5.73 Å². The standard InChI is InChI=1S/C29H28N6/c1-19-7-12-23-22(13-17-32-27(23)30)26(19)35(21-10-8-20(9-11-21)29(2,3)4)28-24(6-5-15-33-28)25-14-16-31-18-34-25/h5-18H,1-4H3,(H2,30,32). The summed E-state index contributed by atoms with van der Waals surface area (Å²) >= 11 is 0. The molecule has 0 aliphatic carbocycles. The Balaban J connectivity index is 1.82. The number of nitrogens with zero attached hydrogens (tertiary/aromatic N) is 5. The molecule has 0 aliphatic heterocycles. The summed E-state index contributed by atoms with van der Waals surface area (Å²) < 4.78 is 0. The molecule has 3 heterocycles. The number of aromatic nitrogens is 4. The molecule has 3 aromatic heterocycles. The van der Waals surface area contributed by atoms with E-state index >= 15 is 0 Å². The minimum Gasteiger partial charge on any atom is -0.383 e. The molecule has 0 radical (unpaired) electrons. The molecule has 6 heteroatoms. The number of fused-ring (bicyclic) bond motifs is 1. The van der Waals surface area contributed by atoms with Crippen LogP contribution in [0.3, 0.4) is 0 Å². The van der Waals surface area contributed by atoms with Crippen LogP contribution in [0.5, 0.6) is 0 Å². The van der Waals surface area contributed by atoms with Crippen molar-refractivity contribution < 1.29 is 0 Å². The number of benzene rings is 2. The van der Waals surface area contributed by atoms with E-state index < -0.39 is 0 Å². The highest BCUT2D eigenvalue weighted by atomic mass is 15.2. The molecule has 174 valence electrons. The van der Waals surface area contributed by atoms with Gasteiger partial charge in [0, 0.05) is 40.6 Å². The van der Waals surface area contributed by atoms with Gasteiger partial charge in [0.2, 0.25) is 0 Å². The Hall–Kier alpha value is -4.32. The first-order valence-electron chi connectivity index (χ1n) is 11.6. The first-order chi connectivity index (χ1) is 16.8. The topological polar surface area (TPSA) is 80.8 Å². The Morgan fingerprint density at radius 1 is 0.771 bits per heavy atom. The fourth-order valence-corrected chi connectivity index (χ4v) is 4.36. The van der Waals surface area contributed by atoms with E-state index in [0.717, 1.165) is 44.8 Å². The van der Waals surface area contributed by atoms with Crippen LogP contribution in [0.15, 0.2) is 85.6 Å². The molecule has 2 aromatic carbocycles. The predicted molar refractivity (Wildman–Crippen MR) is 143 cm³/mol. The van der Waals surface area contributed by atoms with Crippen molar-refractivity contribution in [2.75, 3.05) is 10.6 Å². The lowest BCUT2D eigenvalue weighted by Crippen LogP contribution is -2.16. The van der Waals surface area contributed by atoms with Gasteiger partial charge in [-0.05, 0) is 59.9 Å². The summed E-state index contributed by atoms with van der Waals surface area (Å²) in [6.07, 6.45) is 6.87. The molecule has 0 amide bonds. The van der Waals surface area contributed by atoms with Gasteiger partial charge >= 0.3 is 0 Å². The molecule has 5 aromatic rings. The van der Waals surface area contributed by atoms with Crippen LogP contribution in [0.4, 0.5) is 23.0 Å². The molecule has 6 nitrogen and oxygen atoms in total. The summed E-state index contributed by atoms with van der Waals surface area (Å²) in [5.41, 5.74) is 12.4. The largest absolute Gasteiger partial charge is 0.383 e. The molecular weight excluding hydrogens is 432 g/mol. The van der Waals surface area contributed by atoms with E-state index in [1.165, 1.54) is 5.56 Å². The second-order valence-electron chi connectivity index (χ2n) is 9.62. The van der Waals surface area contributed by atoms with Crippen LogP contribution in [-0.4, -0.2) is 19.9 Å². The zero-order valence-electron chi connectivity index (χ0n) is 20.4. The van der Waals surface area contributed by atoms with E-state index in [1.807, 2.05) is 36.5 Å². The Labute approximate surface area is 205 Å². The summed E-state index contributed by atoms with van der Waals surface area (Å²) in [4.78, 5) is 20.0. The van der Waals surface area contributed by atoms with Crippen LogP contribution in [-0.2, 0) is 5.41 Å². The van der Waals surface area contributed by atoms with Crippen molar-refractivity contribution >= 4 is 33.8 Å². The quantitative estimate of drug-likeness (QED) is 0.320. The van der Waals surface area contributed by atoms with Gasteiger partial charge in [-0.15, -0.1) is 0 Å². The summed E-state index contributed by atoms with van der Waals surface area (Å²) in [6.45, 7) is 8.76. The summed E-state index contributed by atoms with van der Waals surface area (Å²) in [5, 5.41) is 1.92. The Bertz CT molecular complexity index is 1490. The van der Waals surface area contributed by atoms with E-state index in [9.17, 15) is 0 Å². The number of pyridine rings is 2. The highest BCUT2D eigenvalue weighted by molar-refractivity contribution is 6.04. The minimum absolute atomic E-state index is 0.0515. The lowest BCUT2D eigenvalue weighted by Gasteiger charge is -2.30. The van der Waals surface area contributed by atoms with Gasteiger partial charge in [0.25, 0.3) is 0 Å². The van der Waals surface area contributed by atoms with E-state index in [0.29, 0.717) is 5.82 Å². The van der Waals surface area contributed by atoms with Crippen LogP contribution in [0.1, 0.15) is 31.9 Å². The molecule has 0 bridgehead atoms. The average Bonchev–Trinajstić information content (AvgIpc) is 2.86. The number of aryl methyl sites for hydroxylation is 1. The van der Waals surface area contributed by atoms with Crippen molar-refractivity contribution in [1.82, 2.24) is 19.9 Å². The second-order valence-corrected chi connectivity index (χ2v) is 9.62. The molecule has 0 atom stereocenters. The van der Waals surface area contributed by atoms with Crippen molar-refractivity contribution in [1.29, 1.82) is 0 Å². The summed E-state index contributed by atoms with van der Waals surface area (Å²) in [5.74, 6) is 1.28. The van der Waals surface area contributed by atoms with Crippen molar-refractivity contribution in [3.05, 3.63) is 96.7 Å². The van der Waals surface area contributed by atoms with Gasteiger partial charge in [0.1, 0.15) is 18.0 Å². The molecule has 0 unspecified atom stereocenters. The van der Waals surface area contributed by atoms with Crippen molar-refractivity contribution in [3.8, 4) is 11.3 Å². The van der Waals surface area contributed by atoms with Gasteiger partial charge in [-0.2, -0.15) is 0 Å². The average molecular weight is 461 g/mol. The zero-order valence-corrected chi connectivity index (χ0v) is 20.4. The second kappa shape index (κ2) is 8.80. The number of nitrogen functional groups attached to an aromatic ring is 1. The maximum absolute atomic E-state index is 6.28. The first kappa shape index (κ1) is 22.5. The van der Waals surface area contributed by atoms with Gasteiger partial charge in [-0.3, -0.25) is 4.90 Å². The fraction of sp³-hybridized carbons (Fsp3) is 0.172. The summed E-state index contributed by atoms with van der Waals surface area (Å²) in [7, 11) is 0. The van der Waals surface area contributed by atoms with E-state index in [1.54, 1.807) is 18.7 Å². The minimum atomic E-state index is 0.0515. The maximum Gasteiger partial charge on any atom is 0.147 e. The lowest BCUT2D eigenvalue weighted by atomic mass is 9.87. The van der Waals surface area contributed by atoms with Gasteiger partial charge in [0.15, 0.2) is 0 Å². The van der Waals surface area contributed by atoms with Gasteiger partial charge in [-0.25, -0.2) is 19.9 Å². The Morgan fingerprint density at radius 3 is 2.29 bits per heavy atom. The number of rotatable bonds is 4. The fourth-order valence-electron chi connectivity index (χ4n) is 4.36. The molecule has 0 saturated carbocycles. The molecule has 0 fully saturated rings. The van der Waals surface area contributed by atoms with Crippen LogP contribution < -0.4 is 10.6 Å². The molecule has 0 spiro atoms. The Kier molecular flexibility index (Phi) is 5.65. The van der Waals surface area contributed by atoms with Gasteiger partial charge in [-0.1, -0.05) is 45.0 Å². The number of nitrogens with two attached hydrogens (primary N) is 1. The highest BCUT2D eigenvalue weighted by Crippen LogP contribution is 2.44. The van der Waals surface area contributed by atoms with Crippen LogP contribution in [0.2, 0.25) is 0 Å². The third-order valence-electron chi connectivity index (χ3n) is 6.22. The molecule has 0 aliphatic rings. The molecule has 0 saturated heterocycles. The molecular formula is C29H28N6. The first-order valence-corrected chi connectivity index (χ1v) is 11.6. The van der Waals surface area contributed by atoms with Crippen molar-refractivity contribution in [2.45, 2.75) is 33.1 Å². The Morgan fingerprint density at radius 2 is 1.57 bits per heavy atom. The third-order valence-corrected chi connectivity index (χ3v) is 6.22. The summed E-state index contributed by atoms with van der Waals surface area (Å²) in [6, 6.07) is 20.7. The van der Waals surface area contributed by atoms with Crippen molar-refractivity contribution in [2.24, 2.45) is 0 Å². The number of hydrogen-bond donors (Lipinski definition) is 1. The predicted octanol–water partition coefficient (Wildman–Crippen LogP) is 6.74. The molecule has 35 heavy (non-hydrogen) atoms. The number of anilines is 4. The van der Waals surface area contributed by atoms with Gasteiger partial charge in [0.05, 0.1) is 11.4 Å². The monoisotopic (exact) mass is 460 g/mol. The van der Waals surface area contributed by atoms with E-state index in [4.69, 9.17) is 10.7 Å². The smallest absolute Gasteiger partial charge is 0.147 e. The van der Waals surface area contributed by atoms with E-state index in [-0.39, 0.29) is 5.41 Å². The number of hydrogen-bond acceptors (Lipinski definition) is 6. The van der Waals surface area contributed by atoms with Crippen LogP contribution in [0.25, 0.3) is 22.0 Å². The zero-order chi connectivity index (χ0) is 24.6. The third kappa shape index (κ3) is 4.19. The van der Waals surface area contributed by atoms with E-state index in [2.05, 4.69) is 77.9 Å². The van der Waals surface area contributed by atoms with Crippen LogP contribution in [0, 0.1) is 6.92 Å². The van der Waals surface area contributed by atoms with Crippen LogP contribution >= 0.6 is 0 Å². The normalized spacial score (nSPS) is 11.5. The molecule has 2 N–H and O–H groups in total. The highest BCUT2D eigenvalue weighted by Gasteiger charge is 2.23. The molecule has 5 rings (SSSR count). The SMILES string of the molecule is Cc1ccc2c(N)nccc2c1N(c1ccc(C(C)(C)C)cc1)c1ncccc1-c1ccncn1. The van der Waals surface area contributed by atoms with Crippen molar-refractivity contribution in [3.63, 3.8) is 0 Å². The lowest BCUT2D eigenvalue weighted by molar-refractivity contribution is 0.590. The maximum atomic E-state index is 6.28.